The van der Waals surface area contributed by atoms with Crippen molar-refractivity contribution in [2.75, 3.05) is 0 Å². The van der Waals surface area contributed by atoms with Crippen LogP contribution in [0.4, 0.5) is 0 Å². The largest absolute Gasteiger partial charge is 0.455 e. The van der Waals surface area contributed by atoms with Crippen molar-refractivity contribution >= 4 is 11.6 Å². The van der Waals surface area contributed by atoms with Gasteiger partial charge in [-0.3, -0.25) is 0 Å². The molecule has 3 heteroatoms. The molecule has 2 nitrogen and oxygen atoms in total. The number of rotatable bonds is 5. The zero-order chi connectivity index (χ0) is 13.9. The van der Waals surface area contributed by atoms with E-state index < -0.39 is 0 Å². The highest BCUT2D eigenvalue weighted by Gasteiger charge is 2.21. The van der Waals surface area contributed by atoms with Crippen LogP contribution in [0.1, 0.15) is 24.0 Å². The van der Waals surface area contributed by atoms with Gasteiger partial charge in [0.2, 0.25) is 0 Å². The molecule has 1 fully saturated rings. The summed E-state index contributed by atoms with van der Waals surface area (Å²) in [5.41, 5.74) is 2.32. The van der Waals surface area contributed by atoms with E-state index >= 15 is 0 Å². The molecule has 20 heavy (non-hydrogen) atoms. The lowest BCUT2D eigenvalue weighted by Gasteiger charge is -2.13. The number of ether oxygens (including phenoxy) is 1. The Hall–Kier alpha value is -1.51. The number of benzene rings is 2. The molecule has 0 radical (unpaired) electrons. The maximum absolute atomic E-state index is 6.29. The first-order valence-electron chi connectivity index (χ1n) is 6.97. The Morgan fingerprint density at radius 1 is 1.15 bits per heavy atom. The van der Waals surface area contributed by atoms with Crippen LogP contribution in [0.15, 0.2) is 42.5 Å². The number of halogens is 1. The van der Waals surface area contributed by atoms with Crippen LogP contribution in [0, 0.1) is 6.92 Å². The normalized spacial score (nSPS) is 14.3. The van der Waals surface area contributed by atoms with Gasteiger partial charge in [0.15, 0.2) is 0 Å². The standard InChI is InChI=1S/C17H18ClNO/c1-12-5-9-15(10-6-12)20-17-13(3-2-4-16(17)18)11-19-14-7-8-14/h2-6,9-10,14,19H,7-8,11H2,1H3. The minimum Gasteiger partial charge on any atom is -0.455 e. The first kappa shape index (κ1) is 13.5. The van der Waals surface area contributed by atoms with Gasteiger partial charge in [-0.15, -0.1) is 0 Å². The van der Waals surface area contributed by atoms with Crippen LogP contribution < -0.4 is 10.1 Å². The van der Waals surface area contributed by atoms with Gasteiger partial charge in [-0.1, -0.05) is 41.4 Å². The van der Waals surface area contributed by atoms with Crippen LogP contribution in [0.2, 0.25) is 5.02 Å². The van der Waals surface area contributed by atoms with E-state index in [0.29, 0.717) is 11.1 Å². The van der Waals surface area contributed by atoms with Gasteiger partial charge in [0.05, 0.1) is 5.02 Å². The fourth-order valence-corrected chi connectivity index (χ4v) is 2.31. The van der Waals surface area contributed by atoms with Gasteiger partial charge < -0.3 is 10.1 Å². The van der Waals surface area contributed by atoms with Crippen molar-refractivity contribution in [1.29, 1.82) is 0 Å². The summed E-state index contributed by atoms with van der Waals surface area (Å²) in [7, 11) is 0. The first-order valence-corrected chi connectivity index (χ1v) is 7.35. The van der Waals surface area contributed by atoms with Gasteiger partial charge in [0.1, 0.15) is 11.5 Å². The molecule has 1 aliphatic rings. The summed E-state index contributed by atoms with van der Waals surface area (Å²) in [6.45, 7) is 2.86. The molecule has 0 aliphatic heterocycles. The average Bonchev–Trinajstić information content (AvgIpc) is 3.26. The van der Waals surface area contributed by atoms with Crippen molar-refractivity contribution in [3.8, 4) is 11.5 Å². The van der Waals surface area contributed by atoms with E-state index in [1.165, 1.54) is 18.4 Å². The Bertz CT molecular complexity index is 590. The number of nitrogens with one attached hydrogen (secondary N) is 1. The molecule has 0 saturated heterocycles. The van der Waals surface area contributed by atoms with Crippen LogP contribution in [0.3, 0.4) is 0 Å². The molecule has 0 amide bonds. The van der Waals surface area contributed by atoms with Crippen molar-refractivity contribution in [3.05, 3.63) is 58.6 Å². The molecule has 0 heterocycles. The zero-order valence-corrected chi connectivity index (χ0v) is 12.3. The molecule has 0 bridgehead atoms. The molecular weight excluding hydrogens is 270 g/mol. The molecule has 0 aromatic heterocycles. The van der Waals surface area contributed by atoms with Crippen molar-refractivity contribution in [2.24, 2.45) is 0 Å². The van der Waals surface area contributed by atoms with E-state index in [2.05, 4.69) is 18.3 Å². The van der Waals surface area contributed by atoms with Gasteiger partial charge in [-0.2, -0.15) is 0 Å². The highest BCUT2D eigenvalue weighted by molar-refractivity contribution is 6.32. The zero-order valence-electron chi connectivity index (χ0n) is 11.5. The Morgan fingerprint density at radius 3 is 2.60 bits per heavy atom. The van der Waals surface area contributed by atoms with Crippen molar-refractivity contribution in [1.82, 2.24) is 5.32 Å². The molecule has 2 aromatic rings. The molecule has 1 N–H and O–H groups in total. The Kier molecular flexibility index (Phi) is 3.95. The lowest BCUT2D eigenvalue weighted by Crippen LogP contribution is -2.15. The Morgan fingerprint density at radius 2 is 1.90 bits per heavy atom. The lowest BCUT2D eigenvalue weighted by atomic mass is 10.2. The molecular formula is C17H18ClNO. The second kappa shape index (κ2) is 5.86. The topological polar surface area (TPSA) is 21.3 Å². The quantitative estimate of drug-likeness (QED) is 0.861. The molecule has 104 valence electrons. The number of para-hydroxylation sites is 1. The maximum Gasteiger partial charge on any atom is 0.150 e. The summed E-state index contributed by atoms with van der Waals surface area (Å²) >= 11 is 6.29. The van der Waals surface area contributed by atoms with Crippen LogP contribution >= 0.6 is 11.6 Å². The first-order chi connectivity index (χ1) is 9.72. The molecule has 1 aliphatic carbocycles. The highest BCUT2D eigenvalue weighted by atomic mass is 35.5. The summed E-state index contributed by atoms with van der Waals surface area (Å²) < 4.78 is 5.98. The average molecular weight is 288 g/mol. The fraction of sp³-hybridized carbons (Fsp3) is 0.294. The minimum absolute atomic E-state index is 0.653. The van der Waals surface area contributed by atoms with Crippen LogP contribution in [-0.4, -0.2) is 6.04 Å². The third kappa shape index (κ3) is 3.33. The monoisotopic (exact) mass is 287 g/mol. The van der Waals surface area contributed by atoms with E-state index in [1.807, 2.05) is 36.4 Å². The molecule has 0 unspecified atom stereocenters. The van der Waals surface area contributed by atoms with Gasteiger partial charge in [-0.25, -0.2) is 0 Å². The van der Waals surface area contributed by atoms with E-state index in [4.69, 9.17) is 16.3 Å². The predicted molar refractivity (Wildman–Crippen MR) is 82.6 cm³/mol. The SMILES string of the molecule is Cc1ccc(Oc2c(Cl)cccc2CNC2CC2)cc1. The van der Waals surface area contributed by atoms with Crippen molar-refractivity contribution in [2.45, 2.75) is 32.4 Å². The number of hydrogen-bond acceptors (Lipinski definition) is 2. The maximum atomic E-state index is 6.29. The number of hydrogen-bond donors (Lipinski definition) is 1. The molecule has 3 rings (SSSR count). The third-order valence-electron chi connectivity index (χ3n) is 3.45. The number of aryl methyl sites for hydroxylation is 1. The van der Waals surface area contributed by atoms with E-state index in [0.717, 1.165) is 23.6 Å². The smallest absolute Gasteiger partial charge is 0.150 e. The van der Waals surface area contributed by atoms with Gasteiger partial charge in [-0.05, 0) is 38.0 Å². The van der Waals surface area contributed by atoms with Gasteiger partial charge >= 0.3 is 0 Å². The molecule has 0 atom stereocenters. The second-order valence-electron chi connectivity index (χ2n) is 5.30. The van der Waals surface area contributed by atoms with E-state index in [9.17, 15) is 0 Å². The molecule has 0 spiro atoms. The van der Waals surface area contributed by atoms with Crippen molar-refractivity contribution < 1.29 is 4.74 Å². The van der Waals surface area contributed by atoms with E-state index in [1.54, 1.807) is 0 Å². The van der Waals surface area contributed by atoms with E-state index in [-0.39, 0.29) is 0 Å². The minimum atomic E-state index is 0.653. The summed E-state index contributed by atoms with van der Waals surface area (Å²) in [6, 6.07) is 14.6. The fourth-order valence-electron chi connectivity index (χ4n) is 2.07. The summed E-state index contributed by atoms with van der Waals surface area (Å²) in [4.78, 5) is 0. The van der Waals surface area contributed by atoms with Crippen LogP contribution in [-0.2, 0) is 6.54 Å². The highest BCUT2D eigenvalue weighted by Crippen LogP contribution is 2.33. The second-order valence-corrected chi connectivity index (χ2v) is 5.71. The summed E-state index contributed by atoms with van der Waals surface area (Å²) in [6.07, 6.45) is 2.55. The molecule has 1 saturated carbocycles. The third-order valence-corrected chi connectivity index (χ3v) is 3.75. The lowest BCUT2D eigenvalue weighted by molar-refractivity contribution is 0.472. The Labute approximate surface area is 124 Å². The van der Waals surface area contributed by atoms with Crippen molar-refractivity contribution in [3.63, 3.8) is 0 Å². The Balaban J connectivity index is 1.80. The van der Waals surface area contributed by atoms with Gasteiger partial charge in [0.25, 0.3) is 0 Å². The predicted octanol–water partition coefficient (Wildman–Crippen LogP) is 4.69. The summed E-state index contributed by atoms with van der Waals surface area (Å²) in [5.74, 6) is 1.57. The van der Waals surface area contributed by atoms with Crippen LogP contribution in [0.5, 0.6) is 11.5 Å². The van der Waals surface area contributed by atoms with Gasteiger partial charge in [0, 0.05) is 18.2 Å². The summed E-state index contributed by atoms with van der Waals surface area (Å²) in [5, 5.41) is 4.15. The van der Waals surface area contributed by atoms with Crippen LogP contribution in [0.25, 0.3) is 0 Å². The molecule has 2 aromatic carbocycles.